The third-order valence-corrected chi connectivity index (χ3v) is 2.73. The predicted molar refractivity (Wildman–Crippen MR) is 85.3 cm³/mol. The summed E-state index contributed by atoms with van der Waals surface area (Å²) in [6.07, 6.45) is 3.72. The van der Waals surface area contributed by atoms with E-state index < -0.39 is 4.92 Å². The van der Waals surface area contributed by atoms with E-state index in [4.69, 9.17) is 0 Å². The van der Waals surface area contributed by atoms with Crippen LogP contribution in [0, 0.1) is 10.1 Å². The number of nitro benzene ring substituents is 1. The molecule has 0 aliphatic carbocycles. The van der Waals surface area contributed by atoms with E-state index in [9.17, 15) is 10.1 Å². The number of allylic oxidation sites excluding steroid dienone is 1. The van der Waals surface area contributed by atoms with Gasteiger partial charge in [0.05, 0.1) is 16.8 Å². The van der Waals surface area contributed by atoms with Gasteiger partial charge in [-0.1, -0.05) is 36.4 Å². The summed E-state index contributed by atoms with van der Waals surface area (Å²) in [5, 5.41) is 14.6. The molecule has 106 valence electrons. The zero-order valence-electron chi connectivity index (χ0n) is 11.6. The maximum atomic E-state index is 10.5. The summed E-state index contributed by atoms with van der Waals surface area (Å²) >= 11 is 0. The van der Waals surface area contributed by atoms with E-state index in [2.05, 4.69) is 10.5 Å². The van der Waals surface area contributed by atoms with Crippen LogP contribution in [-0.4, -0.2) is 11.1 Å². The van der Waals surface area contributed by atoms with Gasteiger partial charge in [0.25, 0.3) is 5.69 Å². The topological polar surface area (TPSA) is 67.5 Å². The van der Waals surface area contributed by atoms with Crippen LogP contribution in [0.2, 0.25) is 0 Å². The number of anilines is 1. The second-order valence-corrected chi connectivity index (χ2v) is 4.47. The van der Waals surface area contributed by atoms with Crippen molar-refractivity contribution in [3.05, 3.63) is 75.8 Å². The third kappa shape index (κ3) is 4.58. The predicted octanol–water partition coefficient (Wildman–Crippen LogP) is 4.10. The minimum Gasteiger partial charge on any atom is -0.279 e. The second-order valence-electron chi connectivity index (χ2n) is 4.47. The van der Waals surface area contributed by atoms with E-state index in [1.54, 1.807) is 18.3 Å². The Kier molecular flexibility index (Phi) is 4.82. The first kappa shape index (κ1) is 14.5. The standard InChI is InChI=1S/C16H15N3O2/c1-13(11-14-5-3-2-4-6-14)12-17-18-15-7-9-16(10-8-15)19(20)21/h2-12,18H,1H3/b13-11+,17-12+. The summed E-state index contributed by atoms with van der Waals surface area (Å²) in [4.78, 5) is 10.1. The number of hydrazone groups is 1. The van der Waals surface area contributed by atoms with Crippen molar-refractivity contribution in [3.8, 4) is 0 Å². The van der Waals surface area contributed by atoms with Crippen molar-refractivity contribution < 1.29 is 4.92 Å². The smallest absolute Gasteiger partial charge is 0.269 e. The molecule has 0 saturated heterocycles. The Morgan fingerprint density at radius 3 is 2.43 bits per heavy atom. The lowest BCUT2D eigenvalue weighted by Gasteiger charge is -1.99. The molecule has 0 saturated carbocycles. The Bertz CT molecular complexity index is 662. The zero-order valence-corrected chi connectivity index (χ0v) is 11.6. The van der Waals surface area contributed by atoms with Gasteiger partial charge in [0.15, 0.2) is 0 Å². The molecule has 0 spiro atoms. The molecule has 0 aliphatic heterocycles. The summed E-state index contributed by atoms with van der Waals surface area (Å²) in [5.41, 5.74) is 5.70. The minimum absolute atomic E-state index is 0.0599. The molecule has 0 unspecified atom stereocenters. The number of benzene rings is 2. The molecule has 0 amide bonds. The molecule has 0 bridgehead atoms. The van der Waals surface area contributed by atoms with Gasteiger partial charge < -0.3 is 0 Å². The lowest BCUT2D eigenvalue weighted by atomic mass is 10.1. The van der Waals surface area contributed by atoms with Gasteiger partial charge in [-0.15, -0.1) is 0 Å². The molecule has 0 fully saturated rings. The Hall–Kier alpha value is -2.95. The third-order valence-electron chi connectivity index (χ3n) is 2.73. The quantitative estimate of drug-likeness (QED) is 0.509. The molecule has 21 heavy (non-hydrogen) atoms. The molecule has 5 heteroatoms. The van der Waals surface area contributed by atoms with Crippen LogP contribution < -0.4 is 5.43 Å². The van der Waals surface area contributed by atoms with Crippen LogP contribution in [0.4, 0.5) is 11.4 Å². The van der Waals surface area contributed by atoms with E-state index >= 15 is 0 Å². The van der Waals surface area contributed by atoms with Gasteiger partial charge in [-0.3, -0.25) is 15.5 Å². The summed E-state index contributed by atoms with van der Waals surface area (Å²) in [6, 6.07) is 16.1. The van der Waals surface area contributed by atoms with Gasteiger partial charge in [0.1, 0.15) is 0 Å². The first-order valence-corrected chi connectivity index (χ1v) is 6.42. The molecule has 0 radical (unpaired) electrons. The largest absolute Gasteiger partial charge is 0.279 e. The van der Waals surface area contributed by atoms with Gasteiger partial charge in [-0.05, 0) is 30.2 Å². The van der Waals surface area contributed by atoms with Gasteiger partial charge in [-0.25, -0.2) is 0 Å². The molecule has 2 rings (SSSR count). The van der Waals surface area contributed by atoms with E-state index in [0.29, 0.717) is 5.69 Å². The number of nitrogens with one attached hydrogen (secondary N) is 1. The summed E-state index contributed by atoms with van der Waals surface area (Å²) in [5.74, 6) is 0. The van der Waals surface area contributed by atoms with Gasteiger partial charge in [-0.2, -0.15) is 5.10 Å². The van der Waals surface area contributed by atoms with Crippen molar-refractivity contribution in [1.29, 1.82) is 0 Å². The van der Waals surface area contributed by atoms with Crippen LogP contribution in [0.3, 0.4) is 0 Å². The number of hydrogen-bond donors (Lipinski definition) is 1. The van der Waals surface area contributed by atoms with Crippen LogP contribution in [0.1, 0.15) is 12.5 Å². The molecule has 0 aliphatic rings. The van der Waals surface area contributed by atoms with Crippen molar-refractivity contribution in [3.63, 3.8) is 0 Å². The van der Waals surface area contributed by atoms with Crippen molar-refractivity contribution in [2.75, 3.05) is 5.43 Å². The molecule has 5 nitrogen and oxygen atoms in total. The zero-order chi connectivity index (χ0) is 15.1. The van der Waals surface area contributed by atoms with Crippen LogP contribution in [0.5, 0.6) is 0 Å². The van der Waals surface area contributed by atoms with Crippen LogP contribution >= 0.6 is 0 Å². The molecule has 0 heterocycles. The maximum absolute atomic E-state index is 10.5. The first-order valence-electron chi connectivity index (χ1n) is 6.42. The first-order chi connectivity index (χ1) is 10.1. The Morgan fingerprint density at radius 2 is 1.81 bits per heavy atom. The van der Waals surface area contributed by atoms with Crippen LogP contribution in [0.15, 0.2) is 65.3 Å². The average Bonchev–Trinajstić information content (AvgIpc) is 2.49. The van der Waals surface area contributed by atoms with Gasteiger partial charge in [0.2, 0.25) is 0 Å². The van der Waals surface area contributed by atoms with E-state index in [-0.39, 0.29) is 5.69 Å². The summed E-state index contributed by atoms with van der Waals surface area (Å²) in [6.45, 7) is 1.95. The highest BCUT2D eigenvalue weighted by atomic mass is 16.6. The lowest BCUT2D eigenvalue weighted by molar-refractivity contribution is -0.384. The van der Waals surface area contributed by atoms with Gasteiger partial charge >= 0.3 is 0 Å². The lowest BCUT2D eigenvalue weighted by Crippen LogP contribution is -1.91. The molecule has 0 atom stereocenters. The van der Waals surface area contributed by atoms with Crippen molar-refractivity contribution >= 4 is 23.7 Å². The summed E-state index contributed by atoms with van der Waals surface area (Å²) < 4.78 is 0. The number of rotatable bonds is 5. The van der Waals surface area contributed by atoms with Crippen molar-refractivity contribution in [2.24, 2.45) is 5.10 Å². The number of nitro groups is 1. The molecule has 0 aromatic heterocycles. The molecular formula is C16H15N3O2. The van der Waals surface area contributed by atoms with E-state index in [0.717, 1.165) is 11.1 Å². The molecule has 2 aromatic rings. The number of nitrogens with zero attached hydrogens (tertiary/aromatic N) is 2. The number of hydrogen-bond acceptors (Lipinski definition) is 4. The number of non-ortho nitro benzene ring substituents is 1. The van der Waals surface area contributed by atoms with Crippen molar-refractivity contribution in [2.45, 2.75) is 6.92 Å². The fourth-order valence-electron chi connectivity index (χ4n) is 1.72. The monoisotopic (exact) mass is 281 g/mol. The maximum Gasteiger partial charge on any atom is 0.269 e. The Morgan fingerprint density at radius 1 is 1.14 bits per heavy atom. The van der Waals surface area contributed by atoms with Crippen molar-refractivity contribution in [1.82, 2.24) is 0 Å². The normalized spacial score (nSPS) is 11.6. The van der Waals surface area contributed by atoms with Crippen LogP contribution in [-0.2, 0) is 0 Å². The molecular weight excluding hydrogens is 266 g/mol. The molecule has 2 aromatic carbocycles. The van der Waals surface area contributed by atoms with Crippen LogP contribution in [0.25, 0.3) is 6.08 Å². The van der Waals surface area contributed by atoms with E-state index in [1.807, 2.05) is 43.3 Å². The molecule has 1 N–H and O–H groups in total. The Balaban J connectivity index is 1.95. The highest BCUT2D eigenvalue weighted by Crippen LogP contribution is 2.15. The second kappa shape index (κ2) is 7.00. The highest BCUT2D eigenvalue weighted by Gasteiger charge is 2.02. The average molecular weight is 281 g/mol. The summed E-state index contributed by atoms with van der Waals surface area (Å²) in [7, 11) is 0. The minimum atomic E-state index is -0.431. The van der Waals surface area contributed by atoms with E-state index in [1.165, 1.54) is 12.1 Å². The fraction of sp³-hybridized carbons (Fsp3) is 0.0625. The van der Waals surface area contributed by atoms with Gasteiger partial charge in [0, 0.05) is 12.1 Å². The fourth-order valence-corrected chi connectivity index (χ4v) is 1.72. The SMILES string of the molecule is CC(/C=N/Nc1ccc([N+](=O)[O-])cc1)=C\c1ccccc1. The highest BCUT2D eigenvalue weighted by molar-refractivity contribution is 5.85. The Labute approximate surface area is 122 Å².